The summed E-state index contributed by atoms with van der Waals surface area (Å²) in [5.74, 6) is 1.43. The minimum absolute atomic E-state index is 0.594. The molecule has 25 heavy (non-hydrogen) atoms. The second-order valence-corrected chi connectivity index (χ2v) is 6.61. The summed E-state index contributed by atoms with van der Waals surface area (Å²) in [4.78, 5) is 11.9. The van der Waals surface area contributed by atoms with Gasteiger partial charge in [-0.25, -0.2) is 4.98 Å². The van der Waals surface area contributed by atoms with Gasteiger partial charge in [0.1, 0.15) is 12.1 Å². The lowest BCUT2D eigenvalue weighted by Crippen LogP contribution is -2.27. The van der Waals surface area contributed by atoms with Gasteiger partial charge in [0.15, 0.2) is 0 Å². The van der Waals surface area contributed by atoms with Gasteiger partial charge in [-0.05, 0) is 30.3 Å². The van der Waals surface area contributed by atoms with Crippen molar-refractivity contribution in [1.82, 2.24) is 9.38 Å². The summed E-state index contributed by atoms with van der Waals surface area (Å²) >= 11 is 6.04. The Morgan fingerprint density at radius 2 is 2.16 bits per heavy atom. The number of pyridine rings is 1. The number of halogens is 1. The van der Waals surface area contributed by atoms with Crippen LogP contribution in [0, 0.1) is 0 Å². The van der Waals surface area contributed by atoms with Crippen LogP contribution in [0.1, 0.15) is 0 Å². The quantitative estimate of drug-likeness (QED) is 0.420. The van der Waals surface area contributed by atoms with E-state index in [0.29, 0.717) is 5.88 Å². The standard InChI is InChI=1S/C19H17ClN4O/c1-25-12-2-4-15-13(10-12)18-17-16(23(8-6-20)9-7-21-18)5-3-14-19(17)24(15)11-22-14/h2-5,10-11H,6-9H2,1H3. The molecule has 0 spiro atoms. The molecule has 0 bridgehead atoms. The third kappa shape index (κ3) is 2.02. The number of alkyl halides is 1. The van der Waals surface area contributed by atoms with Crippen molar-refractivity contribution in [2.24, 2.45) is 4.99 Å². The van der Waals surface area contributed by atoms with E-state index >= 15 is 0 Å². The Kier molecular flexibility index (Phi) is 3.25. The monoisotopic (exact) mass is 352 g/mol. The summed E-state index contributed by atoms with van der Waals surface area (Å²) in [7, 11) is 1.69. The lowest BCUT2D eigenvalue weighted by atomic mass is 10.1. The van der Waals surface area contributed by atoms with E-state index < -0.39 is 0 Å². The molecule has 0 radical (unpaired) electrons. The number of anilines is 1. The number of ether oxygens (including phenoxy) is 1. The molecule has 0 aliphatic carbocycles. The van der Waals surface area contributed by atoms with Gasteiger partial charge in [0.2, 0.25) is 0 Å². The topological polar surface area (TPSA) is 42.1 Å². The number of benzene rings is 2. The number of nitrogens with zero attached hydrogens (tertiary/aromatic N) is 4. The first-order valence-electron chi connectivity index (χ1n) is 8.36. The molecule has 1 aliphatic heterocycles. The smallest absolute Gasteiger partial charge is 0.119 e. The molecule has 0 saturated carbocycles. The van der Waals surface area contributed by atoms with Crippen molar-refractivity contribution in [1.29, 1.82) is 0 Å². The van der Waals surface area contributed by atoms with E-state index in [1.807, 2.05) is 12.4 Å². The highest BCUT2D eigenvalue weighted by Gasteiger charge is 2.20. The molecular formula is C19H17ClN4O. The second kappa shape index (κ2) is 5.49. The number of aromatic nitrogens is 2. The van der Waals surface area contributed by atoms with Crippen molar-refractivity contribution in [3.05, 3.63) is 42.0 Å². The Morgan fingerprint density at radius 1 is 1.24 bits per heavy atom. The number of hydrogen-bond donors (Lipinski definition) is 0. The average molecular weight is 353 g/mol. The van der Waals surface area contributed by atoms with Gasteiger partial charge >= 0.3 is 0 Å². The molecule has 0 amide bonds. The number of rotatable bonds is 3. The van der Waals surface area contributed by atoms with Gasteiger partial charge in [-0.3, -0.25) is 9.39 Å². The number of fused-ring (bicyclic) bond motifs is 3. The third-order valence-electron chi connectivity index (χ3n) is 4.98. The molecule has 0 atom stereocenters. The van der Waals surface area contributed by atoms with Gasteiger partial charge in [-0.2, -0.15) is 0 Å². The average Bonchev–Trinajstić information content (AvgIpc) is 2.99. The van der Waals surface area contributed by atoms with Crippen LogP contribution in [0.25, 0.3) is 27.3 Å². The molecule has 2 aromatic heterocycles. The van der Waals surface area contributed by atoms with Crippen LogP contribution in [-0.4, -0.2) is 42.0 Å². The second-order valence-electron chi connectivity index (χ2n) is 6.23. The summed E-state index contributed by atoms with van der Waals surface area (Å²) in [5, 5.41) is 3.27. The van der Waals surface area contributed by atoms with Gasteiger partial charge in [0.05, 0.1) is 40.9 Å². The van der Waals surface area contributed by atoms with E-state index in [4.69, 9.17) is 21.3 Å². The number of hydrogen-bond acceptors (Lipinski definition) is 4. The highest BCUT2D eigenvalue weighted by atomic mass is 35.5. The van der Waals surface area contributed by atoms with Gasteiger partial charge in [0, 0.05) is 30.0 Å². The molecule has 3 heterocycles. The summed E-state index contributed by atoms with van der Waals surface area (Å²) in [6.07, 6.45) is 1.89. The van der Waals surface area contributed by atoms with E-state index in [1.165, 1.54) is 5.69 Å². The highest BCUT2D eigenvalue weighted by molar-refractivity contribution is 6.18. The van der Waals surface area contributed by atoms with E-state index in [0.717, 1.165) is 58.1 Å². The zero-order valence-electron chi connectivity index (χ0n) is 13.9. The number of methoxy groups -OCH3 is 1. The van der Waals surface area contributed by atoms with Gasteiger partial charge in [-0.1, -0.05) is 0 Å². The van der Waals surface area contributed by atoms with Crippen molar-refractivity contribution in [2.45, 2.75) is 0 Å². The Labute approximate surface area is 149 Å². The van der Waals surface area contributed by atoms with Crippen LogP contribution in [0.5, 0.6) is 5.75 Å². The highest BCUT2D eigenvalue weighted by Crippen LogP contribution is 2.32. The normalized spacial score (nSPS) is 14.2. The van der Waals surface area contributed by atoms with Crippen LogP contribution in [0.4, 0.5) is 5.69 Å². The molecule has 2 aromatic carbocycles. The zero-order chi connectivity index (χ0) is 17.0. The predicted molar refractivity (Wildman–Crippen MR) is 101 cm³/mol. The van der Waals surface area contributed by atoms with E-state index in [1.54, 1.807) is 7.11 Å². The van der Waals surface area contributed by atoms with Crippen molar-refractivity contribution in [2.75, 3.05) is 37.5 Å². The third-order valence-corrected chi connectivity index (χ3v) is 5.15. The van der Waals surface area contributed by atoms with Gasteiger partial charge in [-0.15, -0.1) is 11.6 Å². The van der Waals surface area contributed by atoms with Crippen molar-refractivity contribution < 1.29 is 4.74 Å². The summed E-state index contributed by atoms with van der Waals surface area (Å²) in [6, 6.07) is 10.4. The minimum atomic E-state index is 0.594. The molecule has 126 valence electrons. The van der Waals surface area contributed by atoms with E-state index in [9.17, 15) is 0 Å². The van der Waals surface area contributed by atoms with Crippen molar-refractivity contribution in [3.63, 3.8) is 0 Å². The molecule has 0 fully saturated rings. The van der Waals surface area contributed by atoms with Crippen LogP contribution in [0.3, 0.4) is 0 Å². The Hall–Kier alpha value is -2.53. The maximum atomic E-state index is 6.04. The lowest BCUT2D eigenvalue weighted by molar-refractivity contribution is 0.415. The molecule has 1 aliphatic rings. The van der Waals surface area contributed by atoms with Crippen molar-refractivity contribution in [3.8, 4) is 5.75 Å². The molecule has 4 aromatic rings. The SMILES string of the molecule is COc1ccc2c(c1)c1c3c(ccc4ncn2c43)N(CCCl)CCN=1. The summed E-state index contributed by atoms with van der Waals surface area (Å²) in [5.41, 5.74) is 4.38. The minimum Gasteiger partial charge on any atom is -0.497 e. The van der Waals surface area contributed by atoms with Crippen molar-refractivity contribution >= 4 is 44.6 Å². The fourth-order valence-electron chi connectivity index (χ4n) is 3.85. The molecule has 0 unspecified atom stereocenters. The Bertz CT molecular complexity index is 1170. The maximum Gasteiger partial charge on any atom is 0.119 e. The largest absolute Gasteiger partial charge is 0.497 e. The molecular weight excluding hydrogens is 336 g/mol. The zero-order valence-corrected chi connectivity index (χ0v) is 14.6. The van der Waals surface area contributed by atoms with Crippen LogP contribution in [0.2, 0.25) is 0 Å². The fraction of sp³-hybridized carbons (Fsp3) is 0.263. The van der Waals surface area contributed by atoms with Gasteiger partial charge in [0.25, 0.3) is 0 Å². The van der Waals surface area contributed by atoms with E-state index in [2.05, 4.69) is 38.6 Å². The first kappa shape index (κ1) is 14.8. The molecule has 5 nitrogen and oxygen atoms in total. The van der Waals surface area contributed by atoms with Crippen LogP contribution in [0.15, 0.2) is 41.7 Å². The molecule has 5 rings (SSSR count). The Balaban J connectivity index is 2.02. The Morgan fingerprint density at radius 3 is 3.00 bits per heavy atom. The first-order valence-corrected chi connectivity index (χ1v) is 8.90. The number of imidazole rings is 1. The van der Waals surface area contributed by atoms with Gasteiger partial charge < -0.3 is 9.64 Å². The predicted octanol–water partition coefficient (Wildman–Crippen LogP) is 3.05. The van der Waals surface area contributed by atoms with Crippen LogP contribution in [-0.2, 0) is 0 Å². The first-order chi connectivity index (χ1) is 12.3. The maximum absolute atomic E-state index is 6.04. The summed E-state index contributed by atoms with van der Waals surface area (Å²) < 4.78 is 7.61. The summed E-state index contributed by atoms with van der Waals surface area (Å²) in [6.45, 7) is 2.41. The fourth-order valence-corrected chi connectivity index (χ4v) is 4.06. The van der Waals surface area contributed by atoms with E-state index in [-0.39, 0.29) is 0 Å². The molecule has 0 N–H and O–H groups in total. The molecule has 0 saturated heterocycles. The molecule has 6 heteroatoms. The van der Waals surface area contributed by atoms with Crippen LogP contribution < -0.4 is 15.0 Å². The van der Waals surface area contributed by atoms with Crippen LogP contribution >= 0.6 is 11.6 Å². The lowest BCUT2D eigenvalue weighted by Gasteiger charge is -2.23.